The van der Waals surface area contributed by atoms with Gasteiger partial charge in [-0.05, 0) is 73.6 Å². The molecule has 27 heavy (non-hydrogen) atoms. The molecule has 3 rings (SSSR count). The van der Waals surface area contributed by atoms with Gasteiger partial charge in [-0.2, -0.15) is 0 Å². The Morgan fingerprint density at radius 3 is 1.78 bits per heavy atom. The Morgan fingerprint density at radius 2 is 1.22 bits per heavy atom. The highest BCUT2D eigenvalue weighted by atomic mass is 14.0. The molecule has 134 valence electrons. The molecular weight excluding hydrogens is 324 g/mol. The molecular formula is C27H26. The van der Waals surface area contributed by atoms with E-state index in [1.807, 2.05) is 6.08 Å². The maximum atomic E-state index is 3.77. The van der Waals surface area contributed by atoms with Gasteiger partial charge in [0.15, 0.2) is 0 Å². The van der Waals surface area contributed by atoms with Crippen LogP contribution in [0.3, 0.4) is 0 Å². The third-order valence-electron chi connectivity index (χ3n) is 4.70. The second kappa shape index (κ2) is 9.60. The topological polar surface area (TPSA) is 0 Å². The van der Waals surface area contributed by atoms with Gasteiger partial charge >= 0.3 is 0 Å². The zero-order valence-corrected chi connectivity index (χ0v) is 16.0. The van der Waals surface area contributed by atoms with Crippen molar-refractivity contribution < 1.29 is 0 Å². The van der Waals surface area contributed by atoms with E-state index in [1.54, 1.807) is 0 Å². The van der Waals surface area contributed by atoms with Crippen LogP contribution in [0.25, 0.3) is 11.1 Å². The highest BCUT2D eigenvalue weighted by Crippen LogP contribution is 2.20. The minimum atomic E-state index is 1.04. The van der Waals surface area contributed by atoms with Crippen molar-refractivity contribution in [1.29, 1.82) is 0 Å². The molecule has 0 bridgehead atoms. The maximum Gasteiger partial charge on any atom is 0.0249 e. The Kier molecular flexibility index (Phi) is 6.66. The molecule has 0 saturated heterocycles. The van der Waals surface area contributed by atoms with Gasteiger partial charge in [0, 0.05) is 11.1 Å². The van der Waals surface area contributed by atoms with Gasteiger partial charge in [-0.3, -0.25) is 0 Å². The third kappa shape index (κ3) is 5.73. The van der Waals surface area contributed by atoms with Crippen molar-refractivity contribution in [1.82, 2.24) is 0 Å². The summed E-state index contributed by atoms with van der Waals surface area (Å²) >= 11 is 0. The Morgan fingerprint density at radius 1 is 0.704 bits per heavy atom. The Hall–Kier alpha value is -3.04. The van der Waals surface area contributed by atoms with Crippen LogP contribution in [-0.4, -0.2) is 0 Å². The van der Waals surface area contributed by atoms with Crippen molar-refractivity contribution in [2.24, 2.45) is 0 Å². The van der Waals surface area contributed by atoms with Crippen LogP contribution < -0.4 is 0 Å². The number of allylic oxidation sites excluding steroid dienone is 1. The minimum Gasteiger partial charge on any atom is -0.103 e. The van der Waals surface area contributed by atoms with E-state index < -0.39 is 0 Å². The van der Waals surface area contributed by atoms with E-state index in [4.69, 9.17) is 0 Å². The smallest absolute Gasteiger partial charge is 0.0249 e. The molecule has 0 nitrogen and oxygen atoms in total. The first kappa shape index (κ1) is 18.7. The predicted molar refractivity (Wildman–Crippen MR) is 117 cm³/mol. The first-order chi connectivity index (χ1) is 13.2. The second-order valence-electron chi connectivity index (χ2n) is 6.92. The zero-order chi connectivity index (χ0) is 18.9. The molecule has 0 atom stereocenters. The van der Waals surface area contributed by atoms with E-state index in [-0.39, 0.29) is 0 Å². The van der Waals surface area contributed by atoms with E-state index in [9.17, 15) is 0 Å². The molecule has 0 spiro atoms. The highest BCUT2D eigenvalue weighted by Gasteiger charge is 1.97. The van der Waals surface area contributed by atoms with Crippen LogP contribution in [0.2, 0.25) is 0 Å². The number of benzene rings is 3. The molecule has 0 fully saturated rings. The summed E-state index contributed by atoms with van der Waals surface area (Å²) in [6.45, 7) is 5.88. The summed E-state index contributed by atoms with van der Waals surface area (Å²) in [7, 11) is 0. The van der Waals surface area contributed by atoms with Crippen LogP contribution in [0.15, 0.2) is 85.5 Å². The summed E-state index contributed by atoms with van der Waals surface area (Å²) in [5.41, 5.74) is 7.23. The zero-order valence-electron chi connectivity index (χ0n) is 16.0. The largest absolute Gasteiger partial charge is 0.103 e. The van der Waals surface area contributed by atoms with Crippen LogP contribution in [0.5, 0.6) is 0 Å². The van der Waals surface area contributed by atoms with Crippen molar-refractivity contribution in [3.05, 3.63) is 108 Å². The van der Waals surface area contributed by atoms with Gasteiger partial charge in [0.25, 0.3) is 0 Å². The first-order valence-corrected chi connectivity index (χ1v) is 9.63. The lowest BCUT2D eigenvalue weighted by molar-refractivity contribution is 0.748. The van der Waals surface area contributed by atoms with Gasteiger partial charge in [-0.1, -0.05) is 72.0 Å². The molecule has 0 heteroatoms. The second-order valence-corrected chi connectivity index (χ2v) is 6.92. The number of unbranched alkanes of at least 4 members (excludes halogenated alkanes) is 2. The molecule has 0 radical (unpaired) electrons. The summed E-state index contributed by atoms with van der Waals surface area (Å²) < 4.78 is 0. The van der Waals surface area contributed by atoms with Crippen LogP contribution in [-0.2, 0) is 6.42 Å². The maximum absolute atomic E-state index is 3.77. The third-order valence-corrected chi connectivity index (χ3v) is 4.70. The SMILES string of the molecule is C=CCCCCc1ccc(C#Cc2ccc(-c3ccc(C)cc3)cc2)cc1. The fourth-order valence-electron chi connectivity index (χ4n) is 3.01. The van der Waals surface area contributed by atoms with E-state index in [1.165, 1.54) is 35.1 Å². The fourth-order valence-corrected chi connectivity index (χ4v) is 3.01. The summed E-state index contributed by atoms with van der Waals surface area (Å²) in [5, 5.41) is 0. The first-order valence-electron chi connectivity index (χ1n) is 9.63. The van der Waals surface area contributed by atoms with Gasteiger partial charge in [0.2, 0.25) is 0 Å². The lowest BCUT2D eigenvalue weighted by Crippen LogP contribution is -1.86. The Bertz CT molecular complexity index is 915. The quantitative estimate of drug-likeness (QED) is 0.256. The van der Waals surface area contributed by atoms with Crippen LogP contribution >= 0.6 is 0 Å². The average Bonchev–Trinajstić information content (AvgIpc) is 2.72. The summed E-state index contributed by atoms with van der Waals surface area (Å²) in [5.74, 6) is 6.54. The van der Waals surface area contributed by atoms with Crippen molar-refractivity contribution in [2.75, 3.05) is 0 Å². The lowest BCUT2D eigenvalue weighted by atomic mass is 10.0. The molecule has 0 amide bonds. The van der Waals surface area contributed by atoms with Crippen molar-refractivity contribution in [3.8, 4) is 23.0 Å². The van der Waals surface area contributed by atoms with Gasteiger partial charge in [0.1, 0.15) is 0 Å². The van der Waals surface area contributed by atoms with Crippen LogP contribution in [0.1, 0.15) is 41.5 Å². The van der Waals surface area contributed by atoms with Crippen LogP contribution in [0, 0.1) is 18.8 Å². The van der Waals surface area contributed by atoms with E-state index in [0.29, 0.717) is 0 Å². The van der Waals surface area contributed by atoms with E-state index in [0.717, 1.165) is 24.0 Å². The number of rotatable bonds is 6. The van der Waals surface area contributed by atoms with Gasteiger partial charge < -0.3 is 0 Å². The number of hydrogen-bond acceptors (Lipinski definition) is 0. The van der Waals surface area contributed by atoms with Crippen molar-refractivity contribution >= 4 is 0 Å². The predicted octanol–water partition coefficient (Wildman–Crippen LogP) is 6.96. The molecule has 0 aliphatic rings. The van der Waals surface area contributed by atoms with Crippen molar-refractivity contribution in [3.63, 3.8) is 0 Å². The average molecular weight is 351 g/mol. The van der Waals surface area contributed by atoms with E-state index in [2.05, 4.69) is 98.1 Å². The number of aryl methyl sites for hydroxylation is 2. The minimum absolute atomic E-state index is 1.04. The molecule has 0 aliphatic heterocycles. The standard InChI is InChI=1S/C27H26/c1-3-4-5-6-7-23-10-12-24(13-11-23)14-15-25-16-20-27(21-17-25)26-18-8-22(2)9-19-26/h3,8-13,16-21H,1,4-7H2,2H3. The summed E-state index contributed by atoms with van der Waals surface area (Å²) in [6, 6.07) is 25.7. The summed E-state index contributed by atoms with van der Waals surface area (Å²) in [4.78, 5) is 0. The van der Waals surface area contributed by atoms with Crippen LogP contribution in [0.4, 0.5) is 0 Å². The van der Waals surface area contributed by atoms with E-state index >= 15 is 0 Å². The molecule has 0 heterocycles. The molecule has 0 aromatic heterocycles. The van der Waals surface area contributed by atoms with Gasteiger partial charge in [-0.25, -0.2) is 0 Å². The monoisotopic (exact) mass is 350 g/mol. The molecule has 3 aromatic carbocycles. The molecule has 0 aliphatic carbocycles. The molecule has 3 aromatic rings. The van der Waals surface area contributed by atoms with Gasteiger partial charge in [0.05, 0.1) is 0 Å². The fraction of sp³-hybridized carbons (Fsp3) is 0.185. The highest BCUT2D eigenvalue weighted by molar-refractivity contribution is 5.64. The lowest BCUT2D eigenvalue weighted by Gasteiger charge is -2.02. The molecule has 0 N–H and O–H groups in total. The normalized spacial score (nSPS) is 10.1. The number of hydrogen-bond donors (Lipinski definition) is 0. The van der Waals surface area contributed by atoms with Crippen molar-refractivity contribution in [2.45, 2.75) is 32.6 Å². The molecule has 0 saturated carbocycles. The Labute approximate surface area is 163 Å². The Balaban J connectivity index is 1.61. The van der Waals surface area contributed by atoms with Gasteiger partial charge in [-0.15, -0.1) is 6.58 Å². The summed E-state index contributed by atoms with van der Waals surface area (Å²) in [6.07, 6.45) is 6.65. The molecule has 0 unspecified atom stereocenters.